The number of alkyl halides is 3. The standard InChI is InChI=1S/C12H15BrF3N3O2/c1-2-3-5-21-6-4-17-9-7-18-19(8-12(14,15)16)11(20)10(9)13/h2,7,17H,1,3-6,8H2. The highest BCUT2D eigenvalue weighted by molar-refractivity contribution is 9.10. The molecule has 0 radical (unpaired) electrons. The first-order chi connectivity index (χ1) is 9.85. The molecule has 1 N–H and O–H groups in total. The van der Waals surface area contributed by atoms with Crippen LogP contribution in [0.15, 0.2) is 28.1 Å². The summed E-state index contributed by atoms with van der Waals surface area (Å²) >= 11 is 2.98. The summed E-state index contributed by atoms with van der Waals surface area (Å²) in [4.78, 5) is 11.7. The average Bonchev–Trinajstić information content (AvgIpc) is 2.40. The van der Waals surface area contributed by atoms with Crippen LogP contribution < -0.4 is 10.9 Å². The molecule has 0 aromatic carbocycles. The average molecular weight is 370 g/mol. The molecule has 0 unspecified atom stereocenters. The molecule has 0 saturated heterocycles. The van der Waals surface area contributed by atoms with Crippen LogP contribution >= 0.6 is 15.9 Å². The third-order valence-corrected chi connectivity index (χ3v) is 3.11. The maximum absolute atomic E-state index is 12.2. The van der Waals surface area contributed by atoms with Crippen LogP contribution in [-0.2, 0) is 11.3 Å². The van der Waals surface area contributed by atoms with Gasteiger partial charge in [-0.05, 0) is 22.4 Å². The Morgan fingerprint density at radius 2 is 2.19 bits per heavy atom. The van der Waals surface area contributed by atoms with Gasteiger partial charge in [0.2, 0.25) is 0 Å². The highest BCUT2D eigenvalue weighted by Crippen LogP contribution is 2.19. The zero-order valence-corrected chi connectivity index (χ0v) is 12.7. The summed E-state index contributed by atoms with van der Waals surface area (Å²) in [7, 11) is 0. The van der Waals surface area contributed by atoms with Gasteiger partial charge in [0.05, 0.1) is 25.1 Å². The minimum atomic E-state index is -4.50. The van der Waals surface area contributed by atoms with Gasteiger partial charge in [-0.25, -0.2) is 4.68 Å². The van der Waals surface area contributed by atoms with Crippen molar-refractivity contribution in [3.05, 3.63) is 33.7 Å². The van der Waals surface area contributed by atoms with Crippen molar-refractivity contribution in [1.29, 1.82) is 0 Å². The molecule has 1 aromatic heterocycles. The number of aromatic nitrogens is 2. The smallest absolute Gasteiger partial charge is 0.380 e. The van der Waals surface area contributed by atoms with E-state index >= 15 is 0 Å². The van der Waals surface area contributed by atoms with Crippen molar-refractivity contribution in [2.45, 2.75) is 19.1 Å². The third kappa shape index (κ3) is 6.30. The van der Waals surface area contributed by atoms with Crippen LogP contribution in [0.25, 0.3) is 0 Å². The molecular formula is C12H15BrF3N3O2. The summed E-state index contributed by atoms with van der Waals surface area (Å²) in [6.07, 6.45) is -0.863. The van der Waals surface area contributed by atoms with Crippen molar-refractivity contribution in [1.82, 2.24) is 9.78 Å². The van der Waals surface area contributed by atoms with E-state index in [-0.39, 0.29) is 4.47 Å². The highest BCUT2D eigenvalue weighted by Gasteiger charge is 2.29. The van der Waals surface area contributed by atoms with Crippen molar-refractivity contribution < 1.29 is 17.9 Å². The summed E-state index contributed by atoms with van der Waals surface area (Å²) in [5.74, 6) is 0. The van der Waals surface area contributed by atoms with Crippen LogP contribution in [-0.4, -0.2) is 35.7 Å². The van der Waals surface area contributed by atoms with Crippen LogP contribution in [0.4, 0.5) is 18.9 Å². The second kappa shape index (κ2) is 8.18. The predicted octanol–water partition coefficient (Wildman–Crippen LogP) is 2.57. The minimum Gasteiger partial charge on any atom is -0.380 e. The molecule has 0 bridgehead atoms. The number of hydrogen-bond donors (Lipinski definition) is 1. The molecule has 21 heavy (non-hydrogen) atoms. The van der Waals surface area contributed by atoms with Crippen molar-refractivity contribution in [3.8, 4) is 0 Å². The van der Waals surface area contributed by atoms with Gasteiger partial charge in [-0.3, -0.25) is 4.79 Å². The van der Waals surface area contributed by atoms with Crippen LogP contribution in [0.5, 0.6) is 0 Å². The Labute approximate surface area is 127 Å². The van der Waals surface area contributed by atoms with Crippen LogP contribution in [0.1, 0.15) is 6.42 Å². The molecule has 0 spiro atoms. The summed E-state index contributed by atoms with van der Waals surface area (Å²) in [6, 6.07) is 0. The Bertz CT molecular complexity index is 531. The van der Waals surface area contributed by atoms with Gasteiger partial charge in [0.25, 0.3) is 5.56 Å². The number of halogens is 4. The number of anilines is 1. The van der Waals surface area contributed by atoms with Crippen LogP contribution in [0.3, 0.4) is 0 Å². The molecule has 0 amide bonds. The van der Waals surface area contributed by atoms with Crippen molar-refractivity contribution in [2.75, 3.05) is 25.1 Å². The van der Waals surface area contributed by atoms with Gasteiger partial charge in [0.1, 0.15) is 11.0 Å². The van der Waals surface area contributed by atoms with Crippen molar-refractivity contribution in [2.24, 2.45) is 0 Å². The number of ether oxygens (including phenoxy) is 1. The van der Waals surface area contributed by atoms with Gasteiger partial charge >= 0.3 is 6.18 Å². The molecule has 1 aromatic rings. The topological polar surface area (TPSA) is 56.1 Å². The van der Waals surface area contributed by atoms with Crippen molar-refractivity contribution in [3.63, 3.8) is 0 Å². The van der Waals surface area contributed by atoms with Gasteiger partial charge < -0.3 is 10.1 Å². The zero-order chi connectivity index (χ0) is 15.9. The molecule has 0 aliphatic carbocycles. The Morgan fingerprint density at radius 3 is 2.81 bits per heavy atom. The number of nitrogens with zero attached hydrogens (tertiary/aromatic N) is 2. The van der Waals surface area contributed by atoms with E-state index in [0.717, 1.165) is 6.42 Å². The fourth-order valence-corrected chi connectivity index (χ4v) is 1.84. The molecule has 118 valence electrons. The van der Waals surface area contributed by atoms with E-state index in [1.54, 1.807) is 6.08 Å². The lowest BCUT2D eigenvalue weighted by Gasteiger charge is -2.12. The Morgan fingerprint density at radius 1 is 1.48 bits per heavy atom. The zero-order valence-electron chi connectivity index (χ0n) is 11.1. The molecule has 1 heterocycles. The lowest BCUT2D eigenvalue weighted by Crippen LogP contribution is -2.31. The lowest BCUT2D eigenvalue weighted by atomic mass is 10.4. The second-order valence-corrected chi connectivity index (χ2v) is 4.86. The summed E-state index contributed by atoms with van der Waals surface area (Å²) in [5.41, 5.74) is -0.518. The molecule has 0 atom stereocenters. The van der Waals surface area contributed by atoms with E-state index in [9.17, 15) is 18.0 Å². The fourth-order valence-electron chi connectivity index (χ4n) is 1.40. The normalized spacial score (nSPS) is 11.4. The van der Waals surface area contributed by atoms with Crippen molar-refractivity contribution >= 4 is 21.6 Å². The summed E-state index contributed by atoms with van der Waals surface area (Å²) in [6.45, 7) is 3.47. The number of rotatable bonds is 8. The first-order valence-corrected chi connectivity index (χ1v) is 6.89. The maximum atomic E-state index is 12.2. The van der Waals surface area contributed by atoms with E-state index in [2.05, 4.69) is 32.9 Å². The van der Waals surface area contributed by atoms with Gasteiger partial charge in [-0.15, -0.1) is 6.58 Å². The molecule has 1 rings (SSSR count). The molecule has 9 heteroatoms. The van der Waals surface area contributed by atoms with E-state index in [4.69, 9.17) is 4.74 Å². The van der Waals surface area contributed by atoms with Gasteiger partial charge in [-0.2, -0.15) is 18.3 Å². The molecule has 5 nitrogen and oxygen atoms in total. The first kappa shape index (κ1) is 17.7. The largest absolute Gasteiger partial charge is 0.408 e. The van der Waals surface area contributed by atoms with E-state index < -0.39 is 18.3 Å². The third-order valence-electron chi connectivity index (χ3n) is 2.34. The first-order valence-electron chi connectivity index (χ1n) is 6.10. The second-order valence-electron chi connectivity index (χ2n) is 4.07. The Kier molecular flexibility index (Phi) is 6.90. The minimum absolute atomic E-state index is 0.00726. The predicted molar refractivity (Wildman–Crippen MR) is 76.4 cm³/mol. The summed E-state index contributed by atoms with van der Waals surface area (Å²) in [5, 5.41) is 6.36. The van der Waals surface area contributed by atoms with Gasteiger partial charge in [0.15, 0.2) is 0 Å². The Hall–Kier alpha value is -1.35. The lowest BCUT2D eigenvalue weighted by molar-refractivity contribution is -0.143. The molecule has 0 aliphatic heterocycles. The quantitative estimate of drug-likeness (QED) is 0.565. The number of nitrogens with one attached hydrogen (secondary N) is 1. The fraction of sp³-hybridized carbons (Fsp3) is 0.500. The Balaban J connectivity index is 2.59. The molecule has 0 aliphatic rings. The van der Waals surface area contributed by atoms with E-state index in [1.807, 2.05) is 0 Å². The van der Waals surface area contributed by atoms with Gasteiger partial charge in [0, 0.05) is 6.54 Å². The van der Waals surface area contributed by atoms with E-state index in [0.29, 0.717) is 30.1 Å². The van der Waals surface area contributed by atoms with Crippen LogP contribution in [0.2, 0.25) is 0 Å². The highest BCUT2D eigenvalue weighted by atomic mass is 79.9. The molecule has 0 fully saturated rings. The molecular weight excluding hydrogens is 355 g/mol. The van der Waals surface area contributed by atoms with E-state index in [1.165, 1.54) is 6.20 Å². The molecule has 0 saturated carbocycles. The van der Waals surface area contributed by atoms with Crippen LogP contribution in [0, 0.1) is 0 Å². The number of hydrogen-bond acceptors (Lipinski definition) is 4. The monoisotopic (exact) mass is 369 g/mol. The van der Waals surface area contributed by atoms with Gasteiger partial charge in [-0.1, -0.05) is 6.08 Å². The summed E-state index contributed by atoms with van der Waals surface area (Å²) < 4.78 is 42.4. The maximum Gasteiger partial charge on any atom is 0.408 e. The SMILES string of the molecule is C=CCCOCCNc1cnn(CC(F)(F)F)c(=O)c1Br.